The number of hydrogen-bond donors (Lipinski definition) is 0. The third-order valence-electron chi connectivity index (χ3n) is 5.95. The van der Waals surface area contributed by atoms with Crippen molar-refractivity contribution < 1.29 is 8.81 Å². The first kappa shape index (κ1) is 23.1. The third kappa shape index (κ3) is 4.64. The molecule has 0 saturated heterocycles. The Bertz CT molecular complexity index is 1560. The number of fused-ring (bicyclic) bond motifs is 1. The molecule has 0 aliphatic heterocycles. The number of rotatable bonds is 6. The van der Waals surface area contributed by atoms with E-state index < -0.39 is 0 Å². The molecule has 0 bridgehead atoms. The fraction of sp³-hybridized carbons (Fsp3) is 0.179. The zero-order valence-electron chi connectivity index (χ0n) is 19.7. The topological polar surface area (TPSA) is 60.9 Å². The summed E-state index contributed by atoms with van der Waals surface area (Å²) in [6, 6.07) is 21.6. The van der Waals surface area contributed by atoms with E-state index in [1.165, 1.54) is 29.5 Å². The van der Waals surface area contributed by atoms with Gasteiger partial charge in [-0.1, -0.05) is 43.8 Å². The van der Waals surface area contributed by atoms with E-state index in [-0.39, 0.29) is 11.4 Å². The van der Waals surface area contributed by atoms with E-state index in [9.17, 15) is 9.18 Å². The Kier molecular flexibility index (Phi) is 6.26. The van der Waals surface area contributed by atoms with Gasteiger partial charge in [-0.2, -0.15) is 0 Å². The monoisotopic (exact) mass is 485 g/mol. The van der Waals surface area contributed by atoms with Crippen molar-refractivity contribution in [1.29, 1.82) is 0 Å². The van der Waals surface area contributed by atoms with Crippen molar-refractivity contribution in [3.05, 3.63) is 106 Å². The number of para-hydroxylation sites is 1. The first-order valence-corrected chi connectivity index (χ1v) is 12.4. The predicted octanol–water partition coefficient (Wildman–Crippen LogP) is 6.90. The van der Waals surface area contributed by atoms with Gasteiger partial charge in [-0.05, 0) is 78.1 Å². The molecule has 0 fully saturated rings. The van der Waals surface area contributed by atoms with Crippen LogP contribution in [0.25, 0.3) is 28.0 Å². The maximum atomic E-state index is 13.5. The maximum Gasteiger partial charge on any atom is 0.336 e. The van der Waals surface area contributed by atoms with Crippen LogP contribution in [0.4, 0.5) is 4.39 Å². The summed E-state index contributed by atoms with van der Waals surface area (Å²) in [7, 11) is 0. The molecule has 3 aromatic carbocycles. The molecule has 0 aliphatic rings. The van der Waals surface area contributed by atoms with Gasteiger partial charge in [0.25, 0.3) is 0 Å². The molecule has 0 unspecified atom stereocenters. The van der Waals surface area contributed by atoms with E-state index in [0.717, 1.165) is 27.8 Å². The number of thioether (sulfide) groups is 1. The zero-order chi connectivity index (χ0) is 24.5. The molecular formula is C28H24FN3O2S. The van der Waals surface area contributed by atoms with Crippen molar-refractivity contribution in [2.24, 2.45) is 0 Å². The molecule has 35 heavy (non-hydrogen) atoms. The molecule has 2 aromatic heterocycles. The number of nitrogens with zero attached hydrogens (tertiary/aromatic N) is 3. The van der Waals surface area contributed by atoms with Crippen molar-refractivity contribution in [3.63, 3.8) is 0 Å². The lowest BCUT2D eigenvalue weighted by Crippen LogP contribution is -2.03. The zero-order valence-corrected chi connectivity index (χ0v) is 20.5. The van der Waals surface area contributed by atoms with Crippen LogP contribution in [0.1, 0.15) is 36.5 Å². The van der Waals surface area contributed by atoms with E-state index in [1.54, 1.807) is 18.2 Å². The summed E-state index contributed by atoms with van der Waals surface area (Å²) in [5, 5.41) is 10.5. The van der Waals surface area contributed by atoms with Gasteiger partial charge in [0.15, 0.2) is 11.0 Å². The lowest BCUT2D eigenvalue weighted by molar-refractivity contribution is 0.559. The fourth-order valence-electron chi connectivity index (χ4n) is 4.23. The SMILES string of the molecule is Cc1cc2oc(=O)cc(CSc3nnc(-c4ccc(F)cc4)n3-c3ccccc3)c2cc1C(C)C. The Hall–Kier alpha value is -3.71. The van der Waals surface area contributed by atoms with Gasteiger partial charge in [0.05, 0.1) is 0 Å². The van der Waals surface area contributed by atoms with E-state index in [4.69, 9.17) is 4.42 Å². The standard InChI is InChI=1S/C28H24FN3O2S/c1-17(2)23-15-24-20(14-26(33)34-25(24)13-18(23)3)16-35-28-31-30-27(19-9-11-21(29)12-10-19)32(28)22-7-5-4-6-8-22/h4-15,17H,16H2,1-3H3. The number of benzene rings is 3. The lowest BCUT2D eigenvalue weighted by Gasteiger charge is -2.13. The molecule has 0 amide bonds. The van der Waals surface area contributed by atoms with Crippen LogP contribution >= 0.6 is 11.8 Å². The van der Waals surface area contributed by atoms with Crippen LogP contribution in [0, 0.1) is 12.7 Å². The number of aryl methyl sites for hydroxylation is 1. The molecule has 176 valence electrons. The largest absolute Gasteiger partial charge is 0.423 e. The van der Waals surface area contributed by atoms with Gasteiger partial charge >= 0.3 is 5.63 Å². The molecule has 7 heteroatoms. The van der Waals surface area contributed by atoms with E-state index in [2.05, 4.69) is 30.1 Å². The Balaban J connectivity index is 1.57. The van der Waals surface area contributed by atoms with Crippen molar-refractivity contribution in [2.45, 2.75) is 37.6 Å². The highest BCUT2D eigenvalue weighted by Crippen LogP contribution is 2.33. The van der Waals surface area contributed by atoms with Gasteiger partial charge in [0, 0.05) is 28.5 Å². The summed E-state index contributed by atoms with van der Waals surface area (Å²) in [6.45, 7) is 6.34. The highest BCUT2D eigenvalue weighted by Gasteiger charge is 2.18. The molecule has 0 saturated carbocycles. The minimum Gasteiger partial charge on any atom is -0.423 e. The summed E-state index contributed by atoms with van der Waals surface area (Å²) in [5.41, 5.74) is 5.09. The fourth-order valence-corrected chi connectivity index (χ4v) is 5.18. The summed E-state index contributed by atoms with van der Waals surface area (Å²) in [6.07, 6.45) is 0. The number of hydrogen-bond acceptors (Lipinski definition) is 5. The normalized spacial score (nSPS) is 11.5. The number of aromatic nitrogens is 3. The number of halogens is 1. The first-order valence-electron chi connectivity index (χ1n) is 11.4. The maximum absolute atomic E-state index is 13.5. The van der Waals surface area contributed by atoms with Gasteiger partial charge in [0.1, 0.15) is 11.4 Å². The predicted molar refractivity (Wildman–Crippen MR) is 138 cm³/mol. The van der Waals surface area contributed by atoms with Gasteiger partial charge < -0.3 is 4.42 Å². The molecule has 5 rings (SSSR count). The molecule has 0 radical (unpaired) electrons. The van der Waals surface area contributed by atoms with Crippen LogP contribution in [0.2, 0.25) is 0 Å². The van der Waals surface area contributed by atoms with Crippen LogP contribution in [-0.4, -0.2) is 14.8 Å². The summed E-state index contributed by atoms with van der Waals surface area (Å²) in [5.74, 6) is 1.18. The van der Waals surface area contributed by atoms with Crippen LogP contribution in [0.15, 0.2) is 87.2 Å². The average molecular weight is 486 g/mol. The third-order valence-corrected chi connectivity index (χ3v) is 6.92. The minimum atomic E-state index is -0.374. The Morgan fingerprint density at radius 2 is 1.74 bits per heavy atom. The second kappa shape index (κ2) is 9.50. The Morgan fingerprint density at radius 3 is 2.46 bits per heavy atom. The summed E-state index contributed by atoms with van der Waals surface area (Å²) in [4.78, 5) is 12.3. The van der Waals surface area contributed by atoms with Crippen LogP contribution in [0.3, 0.4) is 0 Å². The van der Waals surface area contributed by atoms with Crippen molar-refractivity contribution in [3.8, 4) is 17.1 Å². The molecule has 5 aromatic rings. The summed E-state index contributed by atoms with van der Waals surface area (Å²) >= 11 is 1.49. The second-order valence-electron chi connectivity index (χ2n) is 8.72. The van der Waals surface area contributed by atoms with Crippen molar-refractivity contribution in [1.82, 2.24) is 14.8 Å². The van der Waals surface area contributed by atoms with E-state index in [0.29, 0.717) is 28.2 Å². The van der Waals surface area contributed by atoms with E-state index in [1.807, 2.05) is 47.9 Å². The van der Waals surface area contributed by atoms with Crippen molar-refractivity contribution >= 4 is 22.7 Å². The highest BCUT2D eigenvalue weighted by atomic mass is 32.2. The quantitative estimate of drug-likeness (QED) is 0.193. The van der Waals surface area contributed by atoms with Crippen molar-refractivity contribution in [2.75, 3.05) is 0 Å². The van der Waals surface area contributed by atoms with Crippen LogP contribution in [-0.2, 0) is 5.75 Å². The smallest absolute Gasteiger partial charge is 0.336 e. The molecule has 0 spiro atoms. The van der Waals surface area contributed by atoms with Gasteiger partial charge in [-0.25, -0.2) is 9.18 Å². The molecule has 0 N–H and O–H groups in total. The average Bonchev–Trinajstić information content (AvgIpc) is 3.26. The molecular weight excluding hydrogens is 461 g/mol. The molecule has 0 atom stereocenters. The lowest BCUT2D eigenvalue weighted by atomic mass is 9.95. The van der Waals surface area contributed by atoms with Gasteiger partial charge in [0.2, 0.25) is 0 Å². The second-order valence-corrected chi connectivity index (χ2v) is 9.67. The molecule has 5 nitrogen and oxygen atoms in total. The molecule has 2 heterocycles. The highest BCUT2D eigenvalue weighted by molar-refractivity contribution is 7.98. The summed E-state index contributed by atoms with van der Waals surface area (Å²) < 4.78 is 21.0. The Morgan fingerprint density at radius 1 is 1.00 bits per heavy atom. The Labute approximate surface area is 206 Å². The molecule has 0 aliphatic carbocycles. The minimum absolute atomic E-state index is 0.306. The van der Waals surface area contributed by atoms with Gasteiger partial charge in [-0.15, -0.1) is 10.2 Å². The van der Waals surface area contributed by atoms with Crippen LogP contribution in [0.5, 0.6) is 0 Å². The first-order chi connectivity index (χ1) is 16.9. The van der Waals surface area contributed by atoms with E-state index >= 15 is 0 Å². The van der Waals surface area contributed by atoms with Crippen LogP contribution < -0.4 is 5.63 Å². The van der Waals surface area contributed by atoms with Gasteiger partial charge in [-0.3, -0.25) is 4.57 Å².